The zero-order valence-electron chi connectivity index (χ0n) is 22.4. The zero-order chi connectivity index (χ0) is 29.0. The number of fused-ring (bicyclic) bond motifs is 3. The Morgan fingerprint density at radius 2 is 1.86 bits per heavy atom. The number of benzene rings is 1. The molecular weight excluding hydrogens is 556 g/mol. The van der Waals surface area contributed by atoms with Gasteiger partial charge in [0.2, 0.25) is 5.95 Å². The number of aromatic nitrogens is 4. The van der Waals surface area contributed by atoms with Gasteiger partial charge in [-0.1, -0.05) is 0 Å². The number of nitrogens with one attached hydrogen (secondary N) is 1. The summed E-state index contributed by atoms with van der Waals surface area (Å²) in [6.45, 7) is 2.04. The summed E-state index contributed by atoms with van der Waals surface area (Å²) in [7, 11) is 0. The highest BCUT2D eigenvalue weighted by Crippen LogP contribution is 2.38. The fourth-order valence-corrected chi connectivity index (χ4v) is 6.01. The highest BCUT2D eigenvalue weighted by molar-refractivity contribution is 6.04. The van der Waals surface area contributed by atoms with Crippen molar-refractivity contribution in [2.75, 3.05) is 31.7 Å². The van der Waals surface area contributed by atoms with Crippen LogP contribution in [0.3, 0.4) is 0 Å². The number of alkyl halides is 3. The molecule has 1 saturated heterocycles. The molecule has 218 valence electrons. The molecule has 3 aliphatic heterocycles. The largest absolute Gasteiger partial charge is 0.493 e. The molecule has 0 bridgehead atoms. The highest BCUT2D eigenvalue weighted by Gasteiger charge is 2.36. The van der Waals surface area contributed by atoms with E-state index in [0.717, 1.165) is 24.5 Å². The van der Waals surface area contributed by atoms with E-state index < -0.39 is 11.9 Å². The average Bonchev–Trinajstić information content (AvgIpc) is 3.64. The Kier molecular flexibility index (Phi) is 6.48. The van der Waals surface area contributed by atoms with Crippen LogP contribution in [0.1, 0.15) is 45.7 Å². The maximum Gasteiger partial charge on any atom is 0.433 e. The summed E-state index contributed by atoms with van der Waals surface area (Å²) < 4.78 is 68.4. The first-order valence-electron chi connectivity index (χ1n) is 13.7. The summed E-state index contributed by atoms with van der Waals surface area (Å²) in [5.74, 6) is 0.330. The van der Waals surface area contributed by atoms with Gasteiger partial charge in [-0.25, -0.2) is 14.4 Å². The Morgan fingerprint density at radius 1 is 1.05 bits per heavy atom. The number of carbonyl (C=O) groups excluding carboxylic acids is 1. The van der Waals surface area contributed by atoms with Crippen molar-refractivity contribution in [1.29, 1.82) is 0 Å². The number of hydrogen-bond acceptors (Lipinski definition) is 7. The Morgan fingerprint density at radius 3 is 2.67 bits per heavy atom. The molecule has 3 aromatic heterocycles. The number of pyridine rings is 1. The van der Waals surface area contributed by atoms with E-state index in [1.165, 1.54) is 24.8 Å². The van der Waals surface area contributed by atoms with Crippen LogP contribution in [0.5, 0.6) is 5.75 Å². The van der Waals surface area contributed by atoms with Gasteiger partial charge in [0.1, 0.15) is 23.6 Å². The van der Waals surface area contributed by atoms with Gasteiger partial charge < -0.3 is 19.7 Å². The third-order valence-corrected chi connectivity index (χ3v) is 8.17. The first-order valence-corrected chi connectivity index (χ1v) is 13.7. The van der Waals surface area contributed by atoms with E-state index in [9.17, 15) is 22.4 Å². The Balaban J connectivity index is 1.32. The molecular formula is C29H26F4N6O3. The van der Waals surface area contributed by atoms with Crippen molar-refractivity contribution in [2.24, 2.45) is 5.92 Å². The molecule has 0 aliphatic carbocycles. The standard InChI is InChI=1S/C29H26F4N6O3/c30-22-1-2-23-18(5-8-42-23)20(22)11-35-28-36-12-21-19-10-34-24(29(31,32)33)9-17(19)14-38(13-16-3-6-41-7-4-16)27(40)25-26(21)39(28)15-37-25/h1-2,9-10,12,15-16H,3-8,11,13-14H2,(H,35,36). The predicted molar refractivity (Wildman–Crippen MR) is 142 cm³/mol. The Hall–Kier alpha value is -4.26. The number of ether oxygens (including phenoxy) is 2. The first-order chi connectivity index (χ1) is 20.3. The molecule has 0 spiro atoms. The number of imidazole rings is 1. The van der Waals surface area contributed by atoms with Gasteiger partial charge in [-0.15, -0.1) is 0 Å². The number of nitrogens with zero attached hydrogens (tertiary/aromatic N) is 5. The van der Waals surface area contributed by atoms with E-state index in [2.05, 4.69) is 20.3 Å². The summed E-state index contributed by atoms with van der Waals surface area (Å²) in [4.78, 5) is 28.2. The second-order valence-corrected chi connectivity index (χ2v) is 10.7. The van der Waals surface area contributed by atoms with Gasteiger partial charge in [0.25, 0.3) is 5.91 Å². The lowest BCUT2D eigenvalue weighted by Gasteiger charge is -2.31. The summed E-state index contributed by atoms with van der Waals surface area (Å²) in [5.41, 5.74) is 1.95. The lowest BCUT2D eigenvalue weighted by atomic mass is 9.96. The molecule has 42 heavy (non-hydrogen) atoms. The molecule has 13 heteroatoms. The van der Waals surface area contributed by atoms with Gasteiger partial charge in [-0.3, -0.25) is 14.2 Å². The second kappa shape index (κ2) is 10.2. The van der Waals surface area contributed by atoms with Crippen LogP contribution in [0.25, 0.3) is 16.6 Å². The van der Waals surface area contributed by atoms with Gasteiger partial charge in [-0.2, -0.15) is 13.2 Å². The average molecular weight is 583 g/mol. The number of carbonyl (C=O) groups is 1. The Bertz CT molecular complexity index is 1700. The van der Waals surface area contributed by atoms with E-state index >= 15 is 0 Å². The van der Waals surface area contributed by atoms with E-state index in [4.69, 9.17) is 9.47 Å². The lowest BCUT2D eigenvalue weighted by Crippen LogP contribution is -2.38. The van der Waals surface area contributed by atoms with Crippen LogP contribution in [-0.4, -0.2) is 56.5 Å². The molecule has 4 aromatic rings. The Labute approximate surface area is 237 Å². The summed E-state index contributed by atoms with van der Waals surface area (Å²) in [6, 6.07) is 3.98. The van der Waals surface area contributed by atoms with E-state index in [1.54, 1.807) is 15.4 Å². The highest BCUT2D eigenvalue weighted by atomic mass is 19.4. The number of amides is 1. The molecule has 3 aliphatic rings. The summed E-state index contributed by atoms with van der Waals surface area (Å²) in [6.07, 6.45) is 1.57. The molecule has 9 nitrogen and oxygen atoms in total. The van der Waals surface area contributed by atoms with Crippen LogP contribution in [-0.2, 0) is 30.4 Å². The molecule has 1 aromatic carbocycles. The van der Waals surface area contributed by atoms with Crippen LogP contribution < -0.4 is 10.1 Å². The predicted octanol–water partition coefficient (Wildman–Crippen LogP) is 4.88. The molecule has 1 N–H and O–H groups in total. The number of halogens is 4. The van der Waals surface area contributed by atoms with Crippen molar-refractivity contribution in [3.8, 4) is 16.9 Å². The van der Waals surface area contributed by atoms with Gasteiger partial charge in [0.05, 0.1) is 12.1 Å². The summed E-state index contributed by atoms with van der Waals surface area (Å²) >= 11 is 0. The lowest BCUT2D eigenvalue weighted by molar-refractivity contribution is -0.141. The van der Waals surface area contributed by atoms with Crippen molar-refractivity contribution in [3.63, 3.8) is 0 Å². The number of rotatable bonds is 5. The zero-order valence-corrected chi connectivity index (χ0v) is 22.4. The molecule has 0 saturated carbocycles. The minimum Gasteiger partial charge on any atom is -0.493 e. The van der Waals surface area contributed by atoms with Gasteiger partial charge in [0.15, 0.2) is 5.69 Å². The van der Waals surface area contributed by atoms with Crippen LogP contribution in [0.4, 0.5) is 23.5 Å². The second-order valence-electron chi connectivity index (χ2n) is 10.7. The third-order valence-electron chi connectivity index (χ3n) is 8.17. The fourth-order valence-electron chi connectivity index (χ4n) is 6.01. The monoisotopic (exact) mass is 582 g/mol. The van der Waals surface area contributed by atoms with Crippen LogP contribution in [0, 0.1) is 11.7 Å². The van der Waals surface area contributed by atoms with Crippen molar-refractivity contribution in [1.82, 2.24) is 24.3 Å². The SMILES string of the molecule is O=C1c2ncn3c(NCc4c(F)ccc5c4CCO5)ncc(c23)-c2cnc(C(F)(F)F)cc2CN1CC1CCOCC1. The van der Waals surface area contributed by atoms with E-state index in [-0.39, 0.29) is 36.4 Å². The van der Waals surface area contributed by atoms with Crippen molar-refractivity contribution in [3.05, 3.63) is 70.8 Å². The molecule has 0 radical (unpaired) electrons. The maximum atomic E-state index is 14.8. The molecule has 0 atom stereocenters. The van der Waals surface area contributed by atoms with Crippen LogP contribution in [0.2, 0.25) is 0 Å². The third kappa shape index (κ3) is 4.61. The van der Waals surface area contributed by atoms with Crippen LogP contribution in [0.15, 0.2) is 36.9 Å². The maximum absolute atomic E-state index is 14.8. The molecule has 0 unspecified atom stereocenters. The van der Waals surface area contributed by atoms with Gasteiger partial charge in [0, 0.05) is 73.9 Å². The van der Waals surface area contributed by atoms with Crippen molar-refractivity contribution >= 4 is 17.4 Å². The van der Waals surface area contributed by atoms with Crippen molar-refractivity contribution < 1.29 is 31.8 Å². The fraction of sp³-hybridized carbons (Fsp3) is 0.379. The normalized spacial score (nSPS) is 17.0. The first kappa shape index (κ1) is 26.6. The minimum absolute atomic E-state index is 0.0317. The van der Waals surface area contributed by atoms with E-state index in [0.29, 0.717) is 72.3 Å². The summed E-state index contributed by atoms with van der Waals surface area (Å²) in [5, 5.41) is 3.16. The minimum atomic E-state index is -4.64. The quantitative estimate of drug-likeness (QED) is 0.336. The van der Waals surface area contributed by atoms with Gasteiger partial charge in [-0.05, 0) is 42.5 Å². The smallest absolute Gasteiger partial charge is 0.433 e. The van der Waals surface area contributed by atoms with Crippen LogP contribution >= 0.6 is 0 Å². The molecule has 6 heterocycles. The van der Waals surface area contributed by atoms with Gasteiger partial charge >= 0.3 is 6.18 Å². The van der Waals surface area contributed by atoms with Crippen molar-refractivity contribution in [2.45, 2.75) is 38.5 Å². The molecule has 1 amide bonds. The molecule has 1 fully saturated rings. The number of hydrogen-bond donors (Lipinski definition) is 1. The van der Waals surface area contributed by atoms with E-state index in [1.807, 2.05) is 0 Å². The number of anilines is 1. The molecule has 7 rings (SSSR count). The topological polar surface area (TPSA) is 93.9 Å².